The van der Waals surface area contributed by atoms with Gasteiger partial charge in [-0.3, -0.25) is 0 Å². The van der Waals surface area contributed by atoms with Gasteiger partial charge in [0.2, 0.25) is 0 Å². The van der Waals surface area contributed by atoms with E-state index in [1.54, 1.807) is 0 Å². The predicted octanol–water partition coefficient (Wildman–Crippen LogP) is 6.41. The van der Waals surface area contributed by atoms with Crippen molar-refractivity contribution < 1.29 is 4.74 Å². The van der Waals surface area contributed by atoms with Crippen LogP contribution in [0.4, 0.5) is 0 Å². The Balaban J connectivity index is 1.74. The molecule has 1 aliphatic rings. The van der Waals surface area contributed by atoms with Gasteiger partial charge in [-0.05, 0) is 68.4 Å². The summed E-state index contributed by atoms with van der Waals surface area (Å²) >= 11 is 0. The second-order valence-electron chi connectivity index (χ2n) is 6.76. The number of hydrogen-bond donors (Lipinski definition) is 0. The van der Waals surface area contributed by atoms with Crippen LogP contribution in [0.25, 0.3) is 0 Å². The topological polar surface area (TPSA) is 9.23 Å². The molecule has 1 fully saturated rings. The lowest BCUT2D eigenvalue weighted by Crippen LogP contribution is -2.13. The average Bonchev–Trinajstić information content (AvgIpc) is 2.60. The van der Waals surface area contributed by atoms with E-state index in [0.29, 0.717) is 13.2 Å². The number of ether oxygens (including phenoxy) is 1. The highest BCUT2D eigenvalue weighted by Gasteiger charge is 2.21. The quantitative estimate of drug-likeness (QED) is 0.378. The zero-order chi connectivity index (χ0) is 16.3. The molecule has 0 aliphatic heterocycles. The molecule has 0 aromatic heterocycles. The maximum atomic E-state index is 5.61. The first-order valence-corrected chi connectivity index (χ1v) is 9.22. The molecule has 0 saturated heterocycles. The van der Waals surface area contributed by atoms with Crippen LogP contribution in [0.2, 0.25) is 0 Å². The lowest BCUT2D eigenvalue weighted by atomic mass is 9.77. The molecular formula is C22H32O. The van der Waals surface area contributed by atoms with E-state index < -0.39 is 0 Å². The van der Waals surface area contributed by atoms with Crippen molar-refractivity contribution in [2.45, 2.75) is 64.4 Å². The van der Waals surface area contributed by atoms with E-state index in [0.717, 1.165) is 11.8 Å². The minimum Gasteiger partial charge on any atom is -0.373 e. The Bertz CT molecular complexity index is 463. The lowest BCUT2D eigenvalue weighted by molar-refractivity contribution is 0.148. The van der Waals surface area contributed by atoms with E-state index in [2.05, 4.69) is 36.9 Å². The highest BCUT2D eigenvalue weighted by molar-refractivity contribution is 5.25. The fraction of sp³-hybridized carbons (Fsp3) is 0.545. The molecule has 0 radical (unpaired) electrons. The van der Waals surface area contributed by atoms with Gasteiger partial charge in [0.05, 0.1) is 13.2 Å². The van der Waals surface area contributed by atoms with Crippen molar-refractivity contribution in [3.8, 4) is 0 Å². The molecule has 0 unspecified atom stereocenters. The predicted molar refractivity (Wildman–Crippen MR) is 99.7 cm³/mol. The molecule has 126 valence electrons. The van der Waals surface area contributed by atoms with Crippen LogP contribution in [0.1, 0.15) is 68.9 Å². The van der Waals surface area contributed by atoms with Crippen LogP contribution in [-0.2, 0) is 11.3 Å². The molecule has 23 heavy (non-hydrogen) atoms. The summed E-state index contributed by atoms with van der Waals surface area (Å²) in [4.78, 5) is 0. The van der Waals surface area contributed by atoms with Crippen molar-refractivity contribution in [2.75, 3.05) is 6.61 Å². The minimum atomic E-state index is 0.702. The van der Waals surface area contributed by atoms with Crippen LogP contribution in [-0.4, -0.2) is 6.61 Å². The Morgan fingerprint density at radius 3 is 2.52 bits per heavy atom. The van der Waals surface area contributed by atoms with Gasteiger partial charge in [0.25, 0.3) is 0 Å². The van der Waals surface area contributed by atoms with Crippen LogP contribution in [0.15, 0.2) is 49.1 Å². The standard InChI is InChI=1S/C22H32O/c1-3-5-7-8-19-9-13-21(14-10-19)22-15-11-20(12-16-22)18-23-17-6-4-2/h3-4,6,11-12,15-16,19,21H,1,5,7-10,13-14,17-18H2,2H3/t19-,21-. The van der Waals surface area contributed by atoms with E-state index >= 15 is 0 Å². The smallest absolute Gasteiger partial charge is 0.0721 e. The first kappa shape index (κ1) is 18.0. The zero-order valence-electron chi connectivity index (χ0n) is 14.7. The molecule has 2 rings (SSSR count). The van der Waals surface area contributed by atoms with Gasteiger partial charge in [-0.1, -0.05) is 48.9 Å². The molecule has 0 spiro atoms. The van der Waals surface area contributed by atoms with E-state index in [1.807, 2.05) is 19.1 Å². The third-order valence-electron chi connectivity index (χ3n) is 5.04. The zero-order valence-corrected chi connectivity index (χ0v) is 14.7. The molecule has 1 saturated carbocycles. The van der Waals surface area contributed by atoms with Crippen molar-refractivity contribution in [1.82, 2.24) is 0 Å². The van der Waals surface area contributed by atoms with E-state index in [9.17, 15) is 0 Å². The Hall–Kier alpha value is -1.34. The van der Waals surface area contributed by atoms with Crippen LogP contribution >= 0.6 is 0 Å². The van der Waals surface area contributed by atoms with E-state index in [1.165, 1.54) is 56.1 Å². The monoisotopic (exact) mass is 312 g/mol. The summed E-state index contributed by atoms with van der Waals surface area (Å²) in [7, 11) is 0. The molecular weight excluding hydrogens is 280 g/mol. The number of hydrogen-bond acceptors (Lipinski definition) is 1. The van der Waals surface area contributed by atoms with Gasteiger partial charge in [0.1, 0.15) is 0 Å². The van der Waals surface area contributed by atoms with Crippen molar-refractivity contribution in [3.05, 3.63) is 60.2 Å². The summed E-state index contributed by atoms with van der Waals surface area (Å²) in [6, 6.07) is 9.11. The molecule has 1 heteroatoms. The maximum absolute atomic E-state index is 5.61. The molecule has 1 nitrogen and oxygen atoms in total. The second kappa shape index (κ2) is 10.4. The lowest BCUT2D eigenvalue weighted by Gasteiger charge is -2.29. The summed E-state index contributed by atoms with van der Waals surface area (Å²) in [5, 5.41) is 0. The summed E-state index contributed by atoms with van der Waals surface area (Å²) in [6.45, 7) is 7.25. The Kier molecular flexibility index (Phi) is 8.17. The Morgan fingerprint density at radius 2 is 1.87 bits per heavy atom. The first-order valence-electron chi connectivity index (χ1n) is 9.22. The van der Waals surface area contributed by atoms with Gasteiger partial charge in [0.15, 0.2) is 0 Å². The third-order valence-corrected chi connectivity index (χ3v) is 5.04. The number of allylic oxidation sites excluding steroid dienone is 2. The Labute approximate surface area is 142 Å². The normalized spacial score (nSPS) is 21.6. The molecule has 0 amide bonds. The average molecular weight is 312 g/mol. The first-order chi connectivity index (χ1) is 11.3. The maximum Gasteiger partial charge on any atom is 0.0721 e. The van der Waals surface area contributed by atoms with Crippen LogP contribution < -0.4 is 0 Å². The van der Waals surface area contributed by atoms with Crippen molar-refractivity contribution in [3.63, 3.8) is 0 Å². The van der Waals surface area contributed by atoms with Gasteiger partial charge < -0.3 is 4.74 Å². The van der Waals surface area contributed by atoms with Crippen LogP contribution in [0.3, 0.4) is 0 Å². The molecule has 1 aromatic rings. The number of rotatable bonds is 9. The molecule has 0 heterocycles. The third kappa shape index (κ3) is 6.35. The fourth-order valence-corrected chi connectivity index (χ4v) is 3.56. The van der Waals surface area contributed by atoms with Gasteiger partial charge in [-0.15, -0.1) is 6.58 Å². The summed E-state index contributed by atoms with van der Waals surface area (Å²) in [5.74, 6) is 1.72. The van der Waals surface area contributed by atoms with E-state index in [4.69, 9.17) is 4.74 Å². The van der Waals surface area contributed by atoms with Gasteiger partial charge in [-0.2, -0.15) is 0 Å². The molecule has 1 aromatic carbocycles. The SMILES string of the molecule is C=CCCC[C@H]1CC[C@H](c2ccc(COCC=CC)cc2)CC1. The van der Waals surface area contributed by atoms with Crippen molar-refractivity contribution >= 4 is 0 Å². The van der Waals surface area contributed by atoms with Gasteiger partial charge in [-0.25, -0.2) is 0 Å². The minimum absolute atomic E-state index is 0.702. The van der Waals surface area contributed by atoms with Crippen LogP contribution in [0, 0.1) is 5.92 Å². The highest BCUT2D eigenvalue weighted by atomic mass is 16.5. The van der Waals surface area contributed by atoms with Crippen molar-refractivity contribution in [2.24, 2.45) is 5.92 Å². The Morgan fingerprint density at radius 1 is 1.13 bits per heavy atom. The summed E-state index contributed by atoms with van der Waals surface area (Å²) < 4.78 is 5.61. The summed E-state index contributed by atoms with van der Waals surface area (Å²) in [5.41, 5.74) is 2.79. The summed E-state index contributed by atoms with van der Waals surface area (Å²) in [6.07, 6.45) is 15.5. The highest BCUT2D eigenvalue weighted by Crippen LogP contribution is 2.37. The fourth-order valence-electron chi connectivity index (χ4n) is 3.56. The van der Waals surface area contributed by atoms with Gasteiger partial charge >= 0.3 is 0 Å². The largest absolute Gasteiger partial charge is 0.373 e. The molecule has 1 aliphatic carbocycles. The molecule has 0 N–H and O–H groups in total. The molecule has 0 atom stereocenters. The molecule has 0 bridgehead atoms. The van der Waals surface area contributed by atoms with Crippen molar-refractivity contribution in [1.29, 1.82) is 0 Å². The van der Waals surface area contributed by atoms with E-state index in [-0.39, 0.29) is 0 Å². The second-order valence-corrected chi connectivity index (χ2v) is 6.76. The van der Waals surface area contributed by atoms with Crippen LogP contribution in [0.5, 0.6) is 0 Å². The number of unbranched alkanes of at least 4 members (excludes halogenated alkanes) is 1. The number of benzene rings is 1. The van der Waals surface area contributed by atoms with Gasteiger partial charge in [0, 0.05) is 0 Å².